The molecule has 0 radical (unpaired) electrons. The van der Waals surface area contributed by atoms with Gasteiger partial charge in [-0.2, -0.15) is 0 Å². The Kier molecular flexibility index (Phi) is 6.59. The molecule has 0 saturated heterocycles. The Labute approximate surface area is 199 Å². The quantitative estimate of drug-likeness (QED) is 0.540. The highest BCUT2D eigenvalue weighted by atomic mass is 16.2. The molecule has 6 nitrogen and oxygen atoms in total. The first-order valence-corrected chi connectivity index (χ1v) is 11.1. The second-order valence-corrected chi connectivity index (χ2v) is 8.51. The van der Waals surface area contributed by atoms with Gasteiger partial charge in [0.2, 0.25) is 5.91 Å². The van der Waals surface area contributed by atoms with Crippen LogP contribution in [-0.2, 0) is 27.5 Å². The van der Waals surface area contributed by atoms with E-state index in [1.807, 2.05) is 73.5 Å². The molecule has 6 heteroatoms. The zero-order valence-electron chi connectivity index (χ0n) is 19.5. The number of amides is 3. The molecule has 0 unspecified atom stereocenters. The Morgan fingerprint density at radius 3 is 2.12 bits per heavy atom. The molecule has 1 heterocycles. The van der Waals surface area contributed by atoms with Crippen molar-refractivity contribution in [1.82, 2.24) is 9.80 Å². The summed E-state index contributed by atoms with van der Waals surface area (Å²) in [5.41, 5.74) is 5.04. The lowest BCUT2D eigenvalue weighted by atomic mass is 10.0. The van der Waals surface area contributed by atoms with Crippen LogP contribution in [-0.4, -0.2) is 34.6 Å². The van der Waals surface area contributed by atoms with Crippen molar-refractivity contribution >= 4 is 29.0 Å². The van der Waals surface area contributed by atoms with E-state index in [0.717, 1.165) is 16.7 Å². The van der Waals surface area contributed by atoms with Crippen molar-refractivity contribution in [2.24, 2.45) is 0 Å². The van der Waals surface area contributed by atoms with E-state index in [-0.39, 0.29) is 24.3 Å². The fraction of sp³-hybridized carbons (Fsp3) is 0.179. The Morgan fingerprint density at radius 1 is 0.853 bits per heavy atom. The molecule has 4 rings (SSSR count). The van der Waals surface area contributed by atoms with Crippen molar-refractivity contribution in [3.63, 3.8) is 0 Å². The molecule has 34 heavy (non-hydrogen) atoms. The van der Waals surface area contributed by atoms with Crippen LogP contribution in [0.25, 0.3) is 5.57 Å². The van der Waals surface area contributed by atoms with Crippen molar-refractivity contribution in [1.29, 1.82) is 0 Å². The average Bonchev–Trinajstić information content (AvgIpc) is 3.06. The van der Waals surface area contributed by atoms with Gasteiger partial charge in [-0.1, -0.05) is 72.3 Å². The Morgan fingerprint density at radius 2 is 1.50 bits per heavy atom. The van der Waals surface area contributed by atoms with Crippen LogP contribution >= 0.6 is 0 Å². The topological polar surface area (TPSA) is 69.7 Å². The van der Waals surface area contributed by atoms with Gasteiger partial charge in [0.25, 0.3) is 11.8 Å². The maximum atomic E-state index is 13.6. The number of carbonyl (C=O) groups is 3. The van der Waals surface area contributed by atoms with Crippen LogP contribution in [0.2, 0.25) is 0 Å². The average molecular weight is 454 g/mol. The maximum absolute atomic E-state index is 13.6. The normalized spacial score (nSPS) is 13.4. The molecule has 0 aliphatic carbocycles. The number of carbonyl (C=O) groups excluding carboxylic acids is 3. The largest absolute Gasteiger partial charge is 0.365 e. The number of benzene rings is 3. The Balaban J connectivity index is 1.70. The van der Waals surface area contributed by atoms with Crippen LogP contribution in [0.5, 0.6) is 0 Å². The summed E-state index contributed by atoms with van der Waals surface area (Å²) in [5.74, 6) is -0.815. The highest BCUT2D eigenvalue weighted by Gasteiger charge is 2.40. The summed E-state index contributed by atoms with van der Waals surface area (Å²) in [7, 11) is 1.83. The number of hydrogen-bond acceptors (Lipinski definition) is 4. The number of imide groups is 1. The summed E-state index contributed by atoms with van der Waals surface area (Å²) >= 11 is 0. The van der Waals surface area contributed by atoms with E-state index in [1.54, 1.807) is 24.3 Å². The molecule has 0 fully saturated rings. The van der Waals surface area contributed by atoms with E-state index in [1.165, 1.54) is 11.8 Å². The van der Waals surface area contributed by atoms with Gasteiger partial charge in [0.1, 0.15) is 5.70 Å². The van der Waals surface area contributed by atoms with E-state index in [2.05, 4.69) is 5.32 Å². The van der Waals surface area contributed by atoms with Crippen LogP contribution in [0, 0.1) is 6.92 Å². The predicted molar refractivity (Wildman–Crippen MR) is 132 cm³/mol. The van der Waals surface area contributed by atoms with Crippen molar-refractivity contribution < 1.29 is 14.4 Å². The second kappa shape index (κ2) is 9.75. The van der Waals surface area contributed by atoms with Crippen LogP contribution in [0.15, 0.2) is 84.6 Å². The lowest BCUT2D eigenvalue weighted by molar-refractivity contribution is -0.138. The first-order chi connectivity index (χ1) is 16.3. The minimum atomic E-state index is -0.326. The molecule has 0 saturated carbocycles. The minimum absolute atomic E-state index is 0.174. The van der Waals surface area contributed by atoms with Gasteiger partial charge in [-0.3, -0.25) is 19.3 Å². The van der Waals surface area contributed by atoms with E-state index in [4.69, 9.17) is 0 Å². The molecule has 1 aliphatic rings. The summed E-state index contributed by atoms with van der Waals surface area (Å²) in [4.78, 5) is 41.6. The zero-order valence-corrected chi connectivity index (χ0v) is 19.5. The summed E-state index contributed by atoms with van der Waals surface area (Å²) in [5, 5.41) is 2.73. The molecule has 1 aliphatic heterocycles. The van der Waals surface area contributed by atoms with Gasteiger partial charge in [-0.25, -0.2) is 0 Å². The van der Waals surface area contributed by atoms with E-state index in [0.29, 0.717) is 29.1 Å². The summed E-state index contributed by atoms with van der Waals surface area (Å²) < 4.78 is 0. The zero-order chi connectivity index (χ0) is 24.2. The van der Waals surface area contributed by atoms with Gasteiger partial charge in [0.05, 0.1) is 12.1 Å². The SMILES string of the molecule is CC(=O)Nc1ccc(C2=C(N(C)Cc3ccccc3)C(=O)N(Cc3ccc(C)cc3)C2=O)cc1. The van der Waals surface area contributed by atoms with E-state index >= 15 is 0 Å². The molecule has 0 aromatic heterocycles. The van der Waals surface area contributed by atoms with Gasteiger partial charge in [0.15, 0.2) is 0 Å². The van der Waals surface area contributed by atoms with E-state index in [9.17, 15) is 14.4 Å². The molecule has 172 valence electrons. The van der Waals surface area contributed by atoms with E-state index < -0.39 is 0 Å². The summed E-state index contributed by atoms with van der Waals surface area (Å²) in [6.45, 7) is 4.13. The minimum Gasteiger partial charge on any atom is -0.365 e. The van der Waals surface area contributed by atoms with Crippen LogP contribution < -0.4 is 5.32 Å². The molecule has 0 bridgehead atoms. The van der Waals surface area contributed by atoms with Gasteiger partial charge < -0.3 is 10.2 Å². The lowest BCUT2D eigenvalue weighted by Gasteiger charge is -2.21. The number of anilines is 1. The van der Waals surface area contributed by atoms with Crippen molar-refractivity contribution in [2.45, 2.75) is 26.9 Å². The first-order valence-electron chi connectivity index (χ1n) is 11.1. The number of nitrogens with zero attached hydrogens (tertiary/aromatic N) is 2. The van der Waals surface area contributed by atoms with Gasteiger partial charge >= 0.3 is 0 Å². The molecule has 1 N–H and O–H groups in total. The molecule has 3 aromatic carbocycles. The van der Waals surface area contributed by atoms with Crippen molar-refractivity contribution in [3.8, 4) is 0 Å². The van der Waals surface area contributed by atoms with Gasteiger partial charge in [-0.05, 0) is 35.7 Å². The molecule has 0 spiro atoms. The predicted octanol–water partition coefficient (Wildman–Crippen LogP) is 4.37. The summed E-state index contributed by atoms with van der Waals surface area (Å²) in [6, 6.07) is 24.6. The molecule has 0 atom stereocenters. The van der Waals surface area contributed by atoms with Crippen LogP contribution in [0.4, 0.5) is 5.69 Å². The number of nitrogens with one attached hydrogen (secondary N) is 1. The Hall–Kier alpha value is -4.19. The molecule has 3 amide bonds. The van der Waals surface area contributed by atoms with Gasteiger partial charge in [-0.15, -0.1) is 0 Å². The summed E-state index contributed by atoms with van der Waals surface area (Å²) in [6.07, 6.45) is 0. The van der Waals surface area contributed by atoms with Crippen molar-refractivity contribution in [2.75, 3.05) is 12.4 Å². The lowest BCUT2D eigenvalue weighted by Crippen LogP contribution is -2.33. The maximum Gasteiger partial charge on any atom is 0.278 e. The standard InChI is InChI=1S/C28H27N3O3/c1-19-9-11-22(12-10-19)18-31-27(33)25(23-13-15-24(16-14-23)29-20(2)32)26(28(31)34)30(3)17-21-7-5-4-6-8-21/h4-16H,17-18H2,1-3H3,(H,29,32). The number of rotatable bonds is 7. The molecule has 3 aromatic rings. The third kappa shape index (κ3) is 4.91. The van der Waals surface area contributed by atoms with Crippen molar-refractivity contribution in [3.05, 3.63) is 107 Å². The fourth-order valence-electron chi connectivity index (χ4n) is 4.06. The fourth-order valence-corrected chi connectivity index (χ4v) is 4.06. The Bertz CT molecular complexity index is 1250. The first kappa shape index (κ1) is 23.0. The highest BCUT2D eigenvalue weighted by molar-refractivity contribution is 6.35. The van der Waals surface area contributed by atoms with Crippen LogP contribution in [0.1, 0.15) is 29.2 Å². The number of aryl methyl sites for hydroxylation is 1. The molecular weight excluding hydrogens is 426 g/mol. The smallest absolute Gasteiger partial charge is 0.278 e. The third-order valence-corrected chi connectivity index (χ3v) is 5.74. The van der Waals surface area contributed by atoms with Gasteiger partial charge in [0, 0.05) is 26.2 Å². The molecular formula is C28H27N3O3. The highest BCUT2D eigenvalue weighted by Crippen LogP contribution is 2.33. The third-order valence-electron chi connectivity index (χ3n) is 5.74. The number of hydrogen-bond donors (Lipinski definition) is 1. The second-order valence-electron chi connectivity index (χ2n) is 8.51. The van der Waals surface area contributed by atoms with Crippen LogP contribution in [0.3, 0.4) is 0 Å². The number of likely N-dealkylation sites (N-methyl/N-ethyl adjacent to an activating group) is 1. The monoisotopic (exact) mass is 453 g/mol.